The number of imidazole rings is 1. The number of benzene rings is 1. The summed E-state index contributed by atoms with van der Waals surface area (Å²) in [5.74, 6) is 0.758. The van der Waals surface area contributed by atoms with Crippen LogP contribution in [0, 0.1) is 0 Å². The van der Waals surface area contributed by atoms with Crippen molar-refractivity contribution in [3.63, 3.8) is 0 Å². The Hall–Kier alpha value is -1.75. The maximum atomic E-state index is 11.2. The van der Waals surface area contributed by atoms with E-state index >= 15 is 0 Å². The number of ether oxygens (including phenoxy) is 1. The molecule has 0 amide bonds. The fourth-order valence-corrected chi connectivity index (χ4v) is 3.20. The standard InChI is InChI=1S/C17H22N2O2S/c1-5-14(21-12(4)20)16-18-15(11(2)3)17(19-16)22-13-9-7-6-8-10-13/h6-11,14H,5H2,1-4H3,(H,18,19). The molecule has 1 atom stereocenters. The Bertz CT molecular complexity index is 623. The summed E-state index contributed by atoms with van der Waals surface area (Å²) in [5, 5.41) is 0.946. The minimum Gasteiger partial charge on any atom is -0.454 e. The van der Waals surface area contributed by atoms with E-state index in [1.54, 1.807) is 11.8 Å². The van der Waals surface area contributed by atoms with E-state index in [0.717, 1.165) is 21.4 Å². The number of nitrogens with one attached hydrogen (secondary N) is 1. The van der Waals surface area contributed by atoms with Crippen molar-refractivity contribution < 1.29 is 9.53 Å². The van der Waals surface area contributed by atoms with Gasteiger partial charge in [0.25, 0.3) is 0 Å². The summed E-state index contributed by atoms with van der Waals surface area (Å²) in [4.78, 5) is 20.4. The number of rotatable bonds is 6. The molecule has 1 unspecified atom stereocenters. The van der Waals surface area contributed by atoms with Gasteiger partial charge in [0.15, 0.2) is 6.10 Å². The van der Waals surface area contributed by atoms with Gasteiger partial charge in [-0.1, -0.05) is 50.7 Å². The van der Waals surface area contributed by atoms with Gasteiger partial charge in [-0.2, -0.15) is 0 Å². The Morgan fingerprint density at radius 3 is 2.55 bits per heavy atom. The lowest BCUT2D eigenvalue weighted by Gasteiger charge is -2.12. The van der Waals surface area contributed by atoms with Gasteiger partial charge >= 0.3 is 5.97 Å². The predicted octanol–water partition coefficient (Wildman–Crippen LogP) is 4.70. The lowest BCUT2D eigenvalue weighted by molar-refractivity contribution is -0.147. The van der Waals surface area contributed by atoms with Crippen molar-refractivity contribution in [2.75, 3.05) is 0 Å². The van der Waals surface area contributed by atoms with Gasteiger partial charge in [-0.3, -0.25) is 4.79 Å². The number of H-pyrrole nitrogens is 1. The number of aromatic amines is 1. The third kappa shape index (κ3) is 4.13. The first kappa shape index (κ1) is 16.6. The van der Waals surface area contributed by atoms with Crippen molar-refractivity contribution in [1.82, 2.24) is 9.97 Å². The van der Waals surface area contributed by atoms with Gasteiger partial charge in [-0.05, 0) is 24.5 Å². The van der Waals surface area contributed by atoms with Crippen LogP contribution in [-0.2, 0) is 9.53 Å². The minimum atomic E-state index is -0.319. The Balaban J connectivity index is 2.30. The van der Waals surface area contributed by atoms with Crippen molar-refractivity contribution in [2.24, 2.45) is 0 Å². The zero-order chi connectivity index (χ0) is 16.1. The molecule has 1 heterocycles. The number of hydrogen-bond acceptors (Lipinski definition) is 4. The third-order valence-corrected chi connectivity index (χ3v) is 4.25. The zero-order valence-corrected chi connectivity index (χ0v) is 14.2. The van der Waals surface area contributed by atoms with E-state index in [9.17, 15) is 4.79 Å². The first-order valence-corrected chi connectivity index (χ1v) is 8.32. The SMILES string of the molecule is CCC(OC(C)=O)c1nc(Sc2ccccc2)c(C(C)C)[nH]1. The normalized spacial score (nSPS) is 12.4. The van der Waals surface area contributed by atoms with Gasteiger partial charge in [0.1, 0.15) is 10.9 Å². The first-order valence-electron chi connectivity index (χ1n) is 7.51. The number of carbonyl (C=O) groups is 1. The van der Waals surface area contributed by atoms with Crippen LogP contribution >= 0.6 is 11.8 Å². The predicted molar refractivity (Wildman–Crippen MR) is 88.0 cm³/mol. The van der Waals surface area contributed by atoms with Crippen molar-refractivity contribution in [3.8, 4) is 0 Å². The van der Waals surface area contributed by atoms with Crippen molar-refractivity contribution in [2.45, 2.75) is 56.1 Å². The Kier molecular flexibility index (Phi) is 5.66. The van der Waals surface area contributed by atoms with Gasteiger partial charge in [-0.25, -0.2) is 4.98 Å². The second-order valence-electron chi connectivity index (χ2n) is 5.42. The summed E-state index contributed by atoms with van der Waals surface area (Å²) in [6, 6.07) is 10.1. The molecule has 1 aromatic heterocycles. The molecule has 2 aromatic rings. The van der Waals surface area contributed by atoms with Gasteiger partial charge in [0.2, 0.25) is 0 Å². The summed E-state index contributed by atoms with van der Waals surface area (Å²) in [7, 11) is 0. The molecule has 1 aromatic carbocycles. The van der Waals surface area contributed by atoms with E-state index in [4.69, 9.17) is 4.74 Å². The number of aromatic nitrogens is 2. The van der Waals surface area contributed by atoms with Crippen LogP contribution in [-0.4, -0.2) is 15.9 Å². The molecule has 0 spiro atoms. The van der Waals surface area contributed by atoms with E-state index in [0.29, 0.717) is 12.3 Å². The quantitative estimate of drug-likeness (QED) is 0.784. The highest BCUT2D eigenvalue weighted by atomic mass is 32.2. The van der Waals surface area contributed by atoms with Crippen molar-refractivity contribution >= 4 is 17.7 Å². The molecule has 5 heteroatoms. The molecule has 118 valence electrons. The number of nitrogens with zero attached hydrogens (tertiary/aromatic N) is 1. The highest BCUT2D eigenvalue weighted by molar-refractivity contribution is 7.99. The molecule has 0 aliphatic rings. The van der Waals surface area contributed by atoms with E-state index in [-0.39, 0.29) is 12.1 Å². The average molecular weight is 318 g/mol. The Morgan fingerprint density at radius 1 is 1.32 bits per heavy atom. The fraction of sp³-hybridized carbons (Fsp3) is 0.412. The minimum absolute atomic E-state index is 0.286. The van der Waals surface area contributed by atoms with Crippen LogP contribution in [0.1, 0.15) is 57.7 Å². The van der Waals surface area contributed by atoms with Crippen LogP contribution in [0.5, 0.6) is 0 Å². The molecule has 0 aliphatic heterocycles. The molecular formula is C17H22N2O2S. The molecular weight excluding hydrogens is 296 g/mol. The molecule has 1 N–H and O–H groups in total. The van der Waals surface area contributed by atoms with Crippen LogP contribution < -0.4 is 0 Å². The van der Waals surface area contributed by atoms with Gasteiger partial charge in [-0.15, -0.1) is 0 Å². The van der Waals surface area contributed by atoms with Crippen LogP contribution in [0.4, 0.5) is 0 Å². The summed E-state index contributed by atoms with van der Waals surface area (Å²) < 4.78 is 5.34. The monoisotopic (exact) mass is 318 g/mol. The summed E-state index contributed by atoms with van der Waals surface area (Å²) >= 11 is 1.63. The summed E-state index contributed by atoms with van der Waals surface area (Å²) in [6.07, 6.45) is 0.375. The lowest BCUT2D eigenvalue weighted by Crippen LogP contribution is -2.09. The molecule has 0 saturated heterocycles. The third-order valence-electron chi connectivity index (χ3n) is 3.23. The first-order chi connectivity index (χ1) is 10.5. The van der Waals surface area contributed by atoms with E-state index in [1.807, 2.05) is 25.1 Å². The molecule has 0 saturated carbocycles. The average Bonchev–Trinajstić information content (AvgIpc) is 2.89. The Labute approximate surface area is 135 Å². The van der Waals surface area contributed by atoms with Crippen LogP contribution in [0.2, 0.25) is 0 Å². The van der Waals surface area contributed by atoms with E-state index in [2.05, 4.69) is 35.9 Å². The molecule has 2 rings (SSSR count). The molecule has 0 bridgehead atoms. The van der Waals surface area contributed by atoms with Crippen molar-refractivity contribution in [3.05, 3.63) is 41.9 Å². The highest BCUT2D eigenvalue weighted by Gasteiger charge is 2.21. The summed E-state index contributed by atoms with van der Waals surface area (Å²) in [5.41, 5.74) is 1.08. The maximum Gasteiger partial charge on any atom is 0.303 e. The summed E-state index contributed by atoms with van der Waals surface area (Å²) in [6.45, 7) is 7.65. The van der Waals surface area contributed by atoms with Gasteiger partial charge in [0.05, 0.1) is 5.69 Å². The zero-order valence-electron chi connectivity index (χ0n) is 13.4. The van der Waals surface area contributed by atoms with Crippen molar-refractivity contribution in [1.29, 1.82) is 0 Å². The van der Waals surface area contributed by atoms with Crippen LogP contribution in [0.15, 0.2) is 40.3 Å². The second-order valence-corrected chi connectivity index (χ2v) is 6.48. The smallest absolute Gasteiger partial charge is 0.303 e. The van der Waals surface area contributed by atoms with E-state index < -0.39 is 0 Å². The molecule has 0 fully saturated rings. The fourth-order valence-electron chi connectivity index (χ4n) is 2.14. The van der Waals surface area contributed by atoms with E-state index in [1.165, 1.54) is 6.92 Å². The largest absolute Gasteiger partial charge is 0.454 e. The van der Waals surface area contributed by atoms with Gasteiger partial charge in [0, 0.05) is 11.8 Å². The Morgan fingerprint density at radius 2 is 2.00 bits per heavy atom. The topological polar surface area (TPSA) is 55.0 Å². The molecule has 0 aliphatic carbocycles. The maximum absolute atomic E-state index is 11.2. The van der Waals surface area contributed by atoms with Crippen LogP contribution in [0.25, 0.3) is 0 Å². The highest BCUT2D eigenvalue weighted by Crippen LogP contribution is 2.34. The lowest BCUT2D eigenvalue weighted by atomic mass is 10.1. The molecule has 4 nitrogen and oxygen atoms in total. The number of hydrogen-bond donors (Lipinski definition) is 1. The van der Waals surface area contributed by atoms with Crippen LogP contribution in [0.3, 0.4) is 0 Å². The second kappa shape index (κ2) is 7.49. The molecule has 22 heavy (non-hydrogen) atoms. The van der Waals surface area contributed by atoms with Gasteiger partial charge < -0.3 is 9.72 Å². The number of carbonyl (C=O) groups excluding carboxylic acids is 1. The molecule has 0 radical (unpaired) electrons. The number of esters is 1.